The van der Waals surface area contributed by atoms with Crippen molar-refractivity contribution in [1.29, 1.82) is 0 Å². The van der Waals surface area contributed by atoms with Gasteiger partial charge in [0.25, 0.3) is 0 Å². The fraction of sp³-hybridized carbons (Fsp3) is 0.400. The second-order valence-electron chi connectivity index (χ2n) is 13.1. The van der Waals surface area contributed by atoms with E-state index in [4.69, 9.17) is 14.5 Å². The Kier molecular flexibility index (Phi) is 8.31. The van der Waals surface area contributed by atoms with Crippen LogP contribution in [0.25, 0.3) is 22.0 Å². The predicted molar refractivity (Wildman–Crippen MR) is 174 cm³/mol. The quantitative estimate of drug-likeness (QED) is 0.226. The third-order valence-corrected chi connectivity index (χ3v) is 8.22. The summed E-state index contributed by atoms with van der Waals surface area (Å²) in [5.41, 5.74) is 2.53. The molecule has 3 atom stereocenters. The Labute approximate surface area is 263 Å². The Morgan fingerprint density at radius 1 is 1.00 bits per heavy atom. The first-order chi connectivity index (χ1) is 21.6. The lowest BCUT2D eigenvalue weighted by atomic mass is 10.0. The van der Waals surface area contributed by atoms with Crippen molar-refractivity contribution in [2.45, 2.75) is 65.5 Å². The van der Waals surface area contributed by atoms with Gasteiger partial charge in [-0.25, -0.2) is 19.7 Å². The Morgan fingerprint density at radius 3 is 2.60 bits per heavy atom. The fourth-order valence-corrected chi connectivity index (χ4v) is 5.71. The molecule has 10 nitrogen and oxygen atoms in total. The molecule has 1 aliphatic carbocycles. The summed E-state index contributed by atoms with van der Waals surface area (Å²) in [6.07, 6.45) is 5.75. The Balaban J connectivity index is 1.23. The summed E-state index contributed by atoms with van der Waals surface area (Å²) in [7, 11) is 0. The van der Waals surface area contributed by atoms with Crippen LogP contribution in [-0.2, 0) is 9.53 Å². The number of anilines is 2. The van der Waals surface area contributed by atoms with Crippen molar-refractivity contribution in [2.75, 3.05) is 23.7 Å². The highest BCUT2D eigenvalue weighted by molar-refractivity contribution is 6.05. The molecule has 2 fully saturated rings. The number of amides is 2. The highest BCUT2D eigenvalue weighted by Gasteiger charge is 2.39. The van der Waals surface area contributed by atoms with Gasteiger partial charge in [-0.05, 0) is 82.7 Å². The van der Waals surface area contributed by atoms with Crippen LogP contribution in [0.3, 0.4) is 0 Å². The van der Waals surface area contributed by atoms with Gasteiger partial charge in [0.05, 0.1) is 11.3 Å². The number of carbonyl (C=O) groups is 2. The molecule has 6 rings (SSSR count). The molecule has 2 aromatic carbocycles. The number of piperidine rings is 1. The number of carbonyl (C=O) groups excluding carboxylic acids is 2. The molecule has 0 spiro atoms. The maximum Gasteiger partial charge on any atom is 0.410 e. The summed E-state index contributed by atoms with van der Waals surface area (Å²) in [5.74, 6) is 2.10. The van der Waals surface area contributed by atoms with E-state index < -0.39 is 5.60 Å². The molecular weight excluding hydrogens is 568 g/mol. The lowest BCUT2D eigenvalue weighted by Gasteiger charge is -2.34. The molecule has 2 amide bonds. The molecule has 1 aliphatic heterocycles. The van der Waals surface area contributed by atoms with Crippen LogP contribution in [0.5, 0.6) is 11.6 Å². The van der Waals surface area contributed by atoms with E-state index in [-0.39, 0.29) is 24.0 Å². The normalized spacial score (nSPS) is 19.6. The van der Waals surface area contributed by atoms with E-state index in [1.807, 2.05) is 76.2 Å². The Bertz CT molecular complexity index is 1740. The van der Waals surface area contributed by atoms with Crippen LogP contribution >= 0.6 is 0 Å². The molecule has 3 heterocycles. The second-order valence-corrected chi connectivity index (χ2v) is 13.1. The minimum atomic E-state index is -0.546. The molecule has 234 valence electrons. The van der Waals surface area contributed by atoms with Gasteiger partial charge in [-0.2, -0.15) is 0 Å². The van der Waals surface area contributed by atoms with Gasteiger partial charge in [0, 0.05) is 53.9 Å². The van der Waals surface area contributed by atoms with Crippen molar-refractivity contribution < 1.29 is 19.1 Å². The number of ether oxygens (including phenoxy) is 2. The Morgan fingerprint density at radius 2 is 1.82 bits per heavy atom. The number of likely N-dealkylation sites (tertiary alicyclic amines) is 1. The van der Waals surface area contributed by atoms with Crippen LogP contribution in [0, 0.1) is 18.8 Å². The molecule has 0 radical (unpaired) electrons. The van der Waals surface area contributed by atoms with Crippen molar-refractivity contribution in [2.24, 2.45) is 11.8 Å². The summed E-state index contributed by atoms with van der Waals surface area (Å²) in [5, 5.41) is 8.31. The van der Waals surface area contributed by atoms with Crippen LogP contribution in [0.1, 0.15) is 52.5 Å². The van der Waals surface area contributed by atoms with Crippen molar-refractivity contribution in [1.82, 2.24) is 19.9 Å². The summed E-state index contributed by atoms with van der Waals surface area (Å²) >= 11 is 0. The number of nitrogens with zero attached hydrogens (tertiary/aromatic N) is 4. The lowest BCUT2D eigenvalue weighted by molar-refractivity contribution is -0.117. The summed E-state index contributed by atoms with van der Waals surface area (Å²) in [4.78, 5) is 41.0. The summed E-state index contributed by atoms with van der Waals surface area (Å²) < 4.78 is 12.1. The van der Waals surface area contributed by atoms with E-state index >= 15 is 0 Å². The smallest absolute Gasteiger partial charge is 0.410 e. The number of hydrogen-bond donors (Lipinski definition) is 2. The van der Waals surface area contributed by atoms with E-state index in [9.17, 15) is 9.59 Å². The molecule has 2 aliphatic rings. The topological polar surface area (TPSA) is 119 Å². The zero-order chi connectivity index (χ0) is 31.7. The van der Waals surface area contributed by atoms with E-state index in [0.29, 0.717) is 47.8 Å². The van der Waals surface area contributed by atoms with E-state index in [1.165, 1.54) is 0 Å². The van der Waals surface area contributed by atoms with Crippen molar-refractivity contribution in [3.05, 3.63) is 66.5 Å². The molecular formula is C35H40N6O4. The average molecular weight is 609 g/mol. The number of hydrogen-bond acceptors (Lipinski definition) is 8. The van der Waals surface area contributed by atoms with Gasteiger partial charge in [0.2, 0.25) is 17.7 Å². The number of pyridine rings is 1. The molecule has 2 N–H and O–H groups in total. The zero-order valence-electron chi connectivity index (χ0n) is 26.5. The average Bonchev–Trinajstić information content (AvgIpc) is 3.75. The molecule has 0 unspecified atom stereocenters. The van der Waals surface area contributed by atoms with Crippen LogP contribution in [-0.4, -0.2) is 56.6 Å². The summed E-state index contributed by atoms with van der Waals surface area (Å²) in [6.45, 7) is 10.9. The summed E-state index contributed by atoms with van der Waals surface area (Å²) in [6, 6.07) is 15.4. The number of aryl methyl sites for hydroxylation is 1. The molecule has 45 heavy (non-hydrogen) atoms. The second kappa shape index (κ2) is 12.3. The van der Waals surface area contributed by atoms with Crippen molar-refractivity contribution in [3.8, 4) is 22.9 Å². The maximum absolute atomic E-state index is 12.7. The molecule has 10 heteroatoms. The third kappa shape index (κ3) is 7.00. The molecule has 4 aromatic rings. The monoisotopic (exact) mass is 608 g/mol. The number of fused-ring (bicyclic) bond motifs is 1. The molecule has 1 saturated heterocycles. The lowest BCUT2D eigenvalue weighted by Crippen LogP contribution is -2.47. The highest BCUT2D eigenvalue weighted by atomic mass is 16.6. The fourth-order valence-electron chi connectivity index (χ4n) is 5.71. The van der Waals surface area contributed by atoms with Gasteiger partial charge >= 0.3 is 6.09 Å². The van der Waals surface area contributed by atoms with Crippen molar-refractivity contribution >= 4 is 34.4 Å². The van der Waals surface area contributed by atoms with Gasteiger partial charge in [-0.3, -0.25) is 4.79 Å². The van der Waals surface area contributed by atoms with Gasteiger partial charge in [-0.1, -0.05) is 31.2 Å². The highest BCUT2D eigenvalue weighted by Crippen LogP contribution is 2.41. The van der Waals surface area contributed by atoms with Gasteiger partial charge in [0.15, 0.2) is 0 Å². The Hall–Kier alpha value is -4.73. The third-order valence-electron chi connectivity index (χ3n) is 8.22. The number of benzene rings is 2. The SMILES string of the molecule is Cc1ccc2c(NC(=O)[C@H]3C[C@H]3C)cccc2c1Oc1ncccc1-c1ccnc(N[C@H]2CCCN(C(=O)OC(C)(C)C)C2)n1. The molecule has 1 saturated carbocycles. The van der Waals surface area contributed by atoms with Gasteiger partial charge in [0.1, 0.15) is 11.4 Å². The first-order valence-corrected chi connectivity index (χ1v) is 15.6. The maximum atomic E-state index is 12.7. The largest absolute Gasteiger partial charge is 0.444 e. The minimum Gasteiger partial charge on any atom is -0.444 e. The molecule has 2 aromatic heterocycles. The number of rotatable bonds is 7. The van der Waals surface area contributed by atoms with E-state index in [0.717, 1.165) is 41.3 Å². The van der Waals surface area contributed by atoms with Crippen LogP contribution in [0.15, 0.2) is 60.9 Å². The van der Waals surface area contributed by atoms with Crippen molar-refractivity contribution in [3.63, 3.8) is 0 Å². The predicted octanol–water partition coefficient (Wildman–Crippen LogP) is 7.20. The standard InChI is InChI=1S/C35H40N6O4/c1-21-13-14-24-25(10-6-12-28(24)39-31(42)27-19-22(27)2)30(21)44-32-26(11-7-16-36-32)29-15-17-37-33(40-29)38-23-9-8-18-41(20-23)34(43)45-35(3,4)5/h6-7,10-17,22-23,27H,8-9,18-20H2,1-5H3,(H,39,42)(H,37,38,40)/t22-,23+,27+/m1/s1. The number of aromatic nitrogens is 3. The number of nitrogens with one attached hydrogen (secondary N) is 2. The molecule has 0 bridgehead atoms. The first kappa shape index (κ1) is 30.3. The minimum absolute atomic E-state index is 0.0118. The van der Waals surface area contributed by atoms with Gasteiger partial charge in [-0.15, -0.1) is 0 Å². The van der Waals surface area contributed by atoms with E-state index in [1.54, 1.807) is 17.3 Å². The van der Waals surface area contributed by atoms with Crippen LogP contribution in [0.4, 0.5) is 16.4 Å². The van der Waals surface area contributed by atoms with Crippen LogP contribution < -0.4 is 15.4 Å². The van der Waals surface area contributed by atoms with E-state index in [2.05, 4.69) is 27.5 Å². The van der Waals surface area contributed by atoms with Crippen LogP contribution in [0.2, 0.25) is 0 Å². The zero-order valence-corrected chi connectivity index (χ0v) is 26.5. The van der Waals surface area contributed by atoms with Gasteiger partial charge < -0.3 is 25.0 Å². The first-order valence-electron chi connectivity index (χ1n) is 15.6.